The Morgan fingerprint density at radius 3 is 2.38 bits per heavy atom. The number of nitrogens with one attached hydrogen (secondary N) is 1. The van der Waals surface area contributed by atoms with Crippen LogP contribution >= 0.6 is 0 Å². The van der Waals surface area contributed by atoms with E-state index in [1.165, 1.54) is 12.1 Å². The van der Waals surface area contributed by atoms with Crippen LogP contribution in [0.2, 0.25) is 0 Å². The van der Waals surface area contributed by atoms with Crippen molar-refractivity contribution in [1.82, 2.24) is 14.8 Å². The average Bonchev–Trinajstić information content (AvgIpc) is 3.33. The number of carbonyl (C=O) groups is 1. The van der Waals surface area contributed by atoms with Gasteiger partial charge in [-0.1, -0.05) is 56.3 Å². The van der Waals surface area contributed by atoms with Crippen molar-refractivity contribution in [3.8, 4) is 5.75 Å². The Balaban J connectivity index is 1.59. The molecular weight excluding hydrogens is 501 g/mol. The van der Waals surface area contributed by atoms with Crippen LogP contribution in [0.4, 0.5) is 4.39 Å². The van der Waals surface area contributed by atoms with Gasteiger partial charge in [-0.05, 0) is 86.4 Å². The number of para-hydroxylation sites is 1. The van der Waals surface area contributed by atoms with Gasteiger partial charge in [0.2, 0.25) is 5.91 Å². The van der Waals surface area contributed by atoms with Crippen molar-refractivity contribution in [2.45, 2.75) is 58.5 Å². The van der Waals surface area contributed by atoms with Gasteiger partial charge < -0.3 is 19.5 Å². The molecule has 1 aromatic heterocycles. The molecule has 0 saturated heterocycles. The Labute approximate surface area is 238 Å². The molecule has 1 amide bonds. The lowest BCUT2D eigenvalue weighted by molar-refractivity contribution is -0.121. The van der Waals surface area contributed by atoms with E-state index in [-0.39, 0.29) is 23.7 Å². The van der Waals surface area contributed by atoms with Gasteiger partial charge in [0, 0.05) is 42.0 Å². The molecule has 1 N–H and O–H groups in total. The van der Waals surface area contributed by atoms with Gasteiger partial charge in [-0.25, -0.2) is 4.39 Å². The Bertz CT molecular complexity index is 1360. The minimum atomic E-state index is -0.241. The zero-order valence-electron chi connectivity index (χ0n) is 24.2. The van der Waals surface area contributed by atoms with E-state index < -0.39 is 0 Å². The van der Waals surface area contributed by atoms with Crippen LogP contribution in [0, 0.1) is 5.82 Å². The summed E-state index contributed by atoms with van der Waals surface area (Å²) >= 11 is 0. The summed E-state index contributed by atoms with van der Waals surface area (Å²) in [5.74, 6) is 0.460. The Kier molecular flexibility index (Phi) is 10.4. The number of halogens is 1. The fourth-order valence-electron chi connectivity index (χ4n) is 5.47. The summed E-state index contributed by atoms with van der Waals surface area (Å²) in [5, 5.41) is 4.37. The predicted molar refractivity (Wildman–Crippen MR) is 162 cm³/mol. The van der Waals surface area contributed by atoms with Crippen LogP contribution in [0.5, 0.6) is 5.75 Å². The summed E-state index contributed by atoms with van der Waals surface area (Å²) in [5.41, 5.74) is 4.28. The van der Waals surface area contributed by atoms with Gasteiger partial charge >= 0.3 is 0 Å². The highest BCUT2D eigenvalue weighted by atomic mass is 19.1. The molecular formula is C34H42FN3O2. The second-order valence-electron chi connectivity index (χ2n) is 10.5. The molecule has 0 aliphatic heterocycles. The molecule has 2 atom stereocenters. The van der Waals surface area contributed by atoms with E-state index in [1.807, 2.05) is 36.4 Å². The molecule has 5 nitrogen and oxygen atoms in total. The number of rotatable bonds is 14. The molecule has 0 aliphatic rings. The molecule has 3 aromatic carbocycles. The maximum Gasteiger partial charge on any atom is 0.221 e. The van der Waals surface area contributed by atoms with E-state index in [2.05, 4.69) is 66.0 Å². The third-order valence-electron chi connectivity index (χ3n) is 7.78. The lowest BCUT2D eigenvalue weighted by Crippen LogP contribution is -2.34. The van der Waals surface area contributed by atoms with E-state index in [9.17, 15) is 9.18 Å². The van der Waals surface area contributed by atoms with Gasteiger partial charge in [0.05, 0.1) is 7.11 Å². The van der Waals surface area contributed by atoms with Gasteiger partial charge in [0.15, 0.2) is 0 Å². The van der Waals surface area contributed by atoms with Crippen molar-refractivity contribution in [3.63, 3.8) is 0 Å². The van der Waals surface area contributed by atoms with Gasteiger partial charge in [0.25, 0.3) is 0 Å². The van der Waals surface area contributed by atoms with E-state index in [0.29, 0.717) is 13.0 Å². The number of aromatic nitrogens is 1. The smallest absolute Gasteiger partial charge is 0.221 e. The normalized spacial score (nSPS) is 12.9. The van der Waals surface area contributed by atoms with Gasteiger partial charge in [-0.3, -0.25) is 4.79 Å². The summed E-state index contributed by atoms with van der Waals surface area (Å²) in [6, 6.07) is 23.0. The predicted octanol–water partition coefficient (Wildman–Crippen LogP) is 6.99. The summed E-state index contributed by atoms with van der Waals surface area (Å²) in [6.07, 6.45) is 4.51. The zero-order chi connectivity index (χ0) is 28.5. The molecule has 1 heterocycles. The molecule has 4 aromatic rings. The van der Waals surface area contributed by atoms with Crippen molar-refractivity contribution < 1.29 is 13.9 Å². The summed E-state index contributed by atoms with van der Waals surface area (Å²) in [4.78, 5) is 15.8. The number of fused-ring (bicyclic) bond motifs is 1. The Morgan fingerprint density at radius 2 is 1.70 bits per heavy atom. The number of hydrogen-bond acceptors (Lipinski definition) is 3. The molecule has 2 unspecified atom stereocenters. The number of methoxy groups -OCH3 is 1. The molecule has 212 valence electrons. The van der Waals surface area contributed by atoms with Crippen molar-refractivity contribution in [1.29, 1.82) is 0 Å². The average molecular weight is 544 g/mol. The maximum atomic E-state index is 13.5. The minimum Gasteiger partial charge on any atom is -0.497 e. The highest BCUT2D eigenvalue weighted by Gasteiger charge is 2.24. The first kappa shape index (κ1) is 29.3. The number of benzene rings is 3. The second-order valence-corrected chi connectivity index (χ2v) is 10.5. The van der Waals surface area contributed by atoms with Crippen LogP contribution < -0.4 is 10.1 Å². The lowest BCUT2D eigenvalue weighted by Gasteiger charge is -2.21. The van der Waals surface area contributed by atoms with Crippen LogP contribution in [0.25, 0.3) is 10.9 Å². The van der Waals surface area contributed by atoms with Crippen molar-refractivity contribution >= 4 is 16.8 Å². The van der Waals surface area contributed by atoms with E-state index in [0.717, 1.165) is 65.8 Å². The number of ether oxygens (including phenoxy) is 1. The van der Waals surface area contributed by atoms with Crippen LogP contribution in [-0.4, -0.2) is 48.2 Å². The lowest BCUT2D eigenvalue weighted by atomic mass is 9.88. The van der Waals surface area contributed by atoms with Gasteiger partial charge in [-0.15, -0.1) is 0 Å². The standard InChI is InChI=1S/C34H42FN3O2/c1-5-37(6-2)21-9-10-25(3)36-34(39)22-31(27-15-19-29(40-4)20-16-27)32-24-38(33-12-8-7-11-30(32)33)23-26-13-17-28(35)18-14-26/h7-8,11-20,24-25,31H,5-6,9-10,21-23H2,1-4H3,(H,36,39). The number of carbonyl (C=O) groups excluding carboxylic acids is 1. The first-order chi connectivity index (χ1) is 19.4. The molecule has 0 radical (unpaired) electrons. The fourth-order valence-corrected chi connectivity index (χ4v) is 5.47. The van der Waals surface area contributed by atoms with E-state index >= 15 is 0 Å². The highest BCUT2D eigenvalue weighted by molar-refractivity contribution is 5.87. The van der Waals surface area contributed by atoms with Crippen molar-refractivity contribution in [2.24, 2.45) is 0 Å². The molecule has 0 aliphatic carbocycles. The van der Waals surface area contributed by atoms with Crippen molar-refractivity contribution in [2.75, 3.05) is 26.7 Å². The third-order valence-corrected chi connectivity index (χ3v) is 7.78. The van der Waals surface area contributed by atoms with Gasteiger partial charge in [0.1, 0.15) is 11.6 Å². The van der Waals surface area contributed by atoms with Gasteiger partial charge in [-0.2, -0.15) is 0 Å². The minimum absolute atomic E-state index is 0.0477. The van der Waals surface area contributed by atoms with Crippen LogP contribution in [0.3, 0.4) is 0 Å². The number of amides is 1. The van der Waals surface area contributed by atoms with Crippen LogP contribution in [0.15, 0.2) is 79.0 Å². The highest BCUT2D eigenvalue weighted by Crippen LogP contribution is 2.36. The fraction of sp³-hybridized carbons (Fsp3) is 0.382. The zero-order valence-corrected chi connectivity index (χ0v) is 24.2. The first-order valence-electron chi connectivity index (χ1n) is 14.4. The molecule has 0 bridgehead atoms. The SMILES string of the molecule is CCN(CC)CCCC(C)NC(=O)CC(c1ccc(OC)cc1)c1cn(Cc2ccc(F)cc2)c2ccccc12. The molecule has 6 heteroatoms. The molecule has 0 fully saturated rings. The van der Waals surface area contributed by atoms with Crippen LogP contribution in [0.1, 0.15) is 62.6 Å². The van der Waals surface area contributed by atoms with Crippen LogP contribution in [-0.2, 0) is 11.3 Å². The topological polar surface area (TPSA) is 46.5 Å². The molecule has 40 heavy (non-hydrogen) atoms. The van der Waals surface area contributed by atoms with Crippen molar-refractivity contribution in [3.05, 3.63) is 102 Å². The maximum absolute atomic E-state index is 13.5. The third kappa shape index (κ3) is 7.51. The van der Waals surface area contributed by atoms with E-state index in [4.69, 9.17) is 4.74 Å². The molecule has 4 rings (SSSR count). The number of hydrogen-bond donors (Lipinski definition) is 1. The molecule has 0 spiro atoms. The monoisotopic (exact) mass is 543 g/mol. The second kappa shape index (κ2) is 14.1. The number of nitrogens with zero attached hydrogens (tertiary/aromatic N) is 2. The summed E-state index contributed by atoms with van der Waals surface area (Å²) < 4.78 is 21.1. The largest absolute Gasteiger partial charge is 0.497 e. The quantitative estimate of drug-likeness (QED) is 0.187. The summed E-state index contributed by atoms with van der Waals surface area (Å²) in [7, 11) is 1.66. The molecule has 0 saturated carbocycles. The Morgan fingerprint density at radius 1 is 1.00 bits per heavy atom. The summed E-state index contributed by atoms with van der Waals surface area (Å²) in [6.45, 7) is 10.2. The Hall–Kier alpha value is -3.64. The first-order valence-corrected chi connectivity index (χ1v) is 14.4. The van der Waals surface area contributed by atoms with E-state index in [1.54, 1.807) is 7.11 Å².